The molecule has 0 aliphatic heterocycles. The second kappa shape index (κ2) is 8.19. The van der Waals surface area contributed by atoms with E-state index in [9.17, 15) is 4.79 Å². The Morgan fingerprint density at radius 1 is 1.26 bits per heavy atom. The third-order valence-electron chi connectivity index (χ3n) is 2.99. The fourth-order valence-electron chi connectivity index (χ4n) is 1.87. The lowest BCUT2D eigenvalue weighted by molar-refractivity contribution is 0.0955. The quantitative estimate of drug-likeness (QED) is 0.650. The van der Waals surface area contributed by atoms with E-state index in [0.717, 1.165) is 0 Å². The summed E-state index contributed by atoms with van der Waals surface area (Å²) < 4.78 is 10.7. The van der Waals surface area contributed by atoms with Gasteiger partial charge in [-0.3, -0.25) is 4.79 Å². The van der Waals surface area contributed by atoms with Gasteiger partial charge < -0.3 is 9.47 Å². The standard InChI is InChI=1S/C17H17ClN2O3/c1-3-23-16-9-8-15(22-2)10-13(16)11-19-20-17(21)12-4-6-14(18)7-5-12/h4-11H,3H2,1-2H3,(H,20,21)/b19-11-. The minimum Gasteiger partial charge on any atom is -0.497 e. The monoisotopic (exact) mass is 332 g/mol. The van der Waals surface area contributed by atoms with E-state index in [2.05, 4.69) is 10.5 Å². The van der Waals surface area contributed by atoms with Gasteiger partial charge in [0.2, 0.25) is 0 Å². The van der Waals surface area contributed by atoms with Crippen LogP contribution >= 0.6 is 11.6 Å². The fraction of sp³-hybridized carbons (Fsp3) is 0.176. The van der Waals surface area contributed by atoms with E-state index in [0.29, 0.717) is 34.3 Å². The Kier molecular flexibility index (Phi) is 6.00. The summed E-state index contributed by atoms with van der Waals surface area (Å²) in [5, 5.41) is 4.54. The van der Waals surface area contributed by atoms with Crippen LogP contribution in [0.15, 0.2) is 47.6 Å². The average molecular weight is 333 g/mol. The van der Waals surface area contributed by atoms with E-state index in [-0.39, 0.29) is 5.91 Å². The molecule has 0 aliphatic rings. The zero-order chi connectivity index (χ0) is 16.7. The zero-order valence-corrected chi connectivity index (χ0v) is 13.6. The Morgan fingerprint density at radius 2 is 2.00 bits per heavy atom. The second-order valence-corrected chi connectivity index (χ2v) is 4.98. The summed E-state index contributed by atoms with van der Waals surface area (Å²) >= 11 is 5.79. The van der Waals surface area contributed by atoms with Gasteiger partial charge in [0.1, 0.15) is 11.5 Å². The maximum atomic E-state index is 12.0. The van der Waals surface area contributed by atoms with E-state index < -0.39 is 0 Å². The van der Waals surface area contributed by atoms with Crippen molar-refractivity contribution in [3.63, 3.8) is 0 Å². The average Bonchev–Trinajstić information content (AvgIpc) is 2.57. The molecule has 0 saturated heterocycles. The molecule has 2 rings (SSSR count). The summed E-state index contributed by atoms with van der Waals surface area (Å²) in [6.45, 7) is 2.43. The number of methoxy groups -OCH3 is 1. The van der Waals surface area contributed by atoms with Gasteiger partial charge in [0, 0.05) is 16.1 Å². The van der Waals surface area contributed by atoms with Gasteiger partial charge in [0.15, 0.2) is 0 Å². The van der Waals surface area contributed by atoms with E-state index in [4.69, 9.17) is 21.1 Å². The molecule has 5 nitrogen and oxygen atoms in total. The van der Waals surface area contributed by atoms with Crippen molar-refractivity contribution in [3.05, 3.63) is 58.6 Å². The van der Waals surface area contributed by atoms with Gasteiger partial charge in [0.05, 0.1) is 19.9 Å². The van der Waals surface area contributed by atoms with Gasteiger partial charge in [-0.2, -0.15) is 5.10 Å². The zero-order valence-electron chi connectivity index (χ0n) is 12.9. The number of ether oxygens (including phenoxy) is 2. The Bertz CT molecular complexity index is 699. The minimum absolute atomic E-state index is 0.321. The van der Waals surface area contributed by atoms with Crippen LogP contribution in [-0.4, -0.2) is 25.8 Å². The highest BCUT2D eigenvalue weighted by Crippen LogP contribution is 2.22. The first kappa shape index (κ1) is 16.8. The van der Waals surface area contributed by atoms with E-state index in [1.54, 1.807) is 49.6 Å². The van der Waals surface area contributed by atoms with Crippen LogP contribution in [0.3, 0.4) is 0 Å². The lowest BCUT2D eigenvalue weighted by Crippen LogP contribution is -2.17. The summed E-state index contributed by atoms with van der Waals surface area (Å²) in [5.74, 6) is 1.02. The van der Waals surface area contributed by atoms with Gasteiger partial charge in [0.25, 0.3) is 5.91 Å². The van der Waals surface area contributed by atoms with Crippen molar-refractivity contribution >= 4 is 23.7 Å². The Balaban J connectivity index is 2.10. The Hall–Kier alpha value is -2.53. The smallest absolute Gasteiger partial charge is 0.271 e. The van der Waals surface area contributed by atoms with Gasteiger partial charge in [-0.05, 0) is 49.4 Å². The number of hydrazone groups is 1. The van der Waals surface area contributed by atoms with Crippen LogP contribution in [-0.2, 0) is 0 Å². The van der Waals surface area contributed by atoms with Crippen molar-refractivity contribution in [3.8, 4) is 11.5 Å². The maximum absolute atomic E-state index is 12.0. The molecule has 0 radical (unpaired) electrons. The predicted octanol–water partition coefficient (Wildman–Crippen LogP) is 3.51. The Labute approximate surface area is 139 Å². The number of amides is 1. The molecule has 120 valence electrons. The van der Waals surface area contributed by atoms with Gasteiger partial charge in [-0.25, -0.2) is 5.43 Å². The van der Waals surface area contributed by atoms with Crippen LogP contribution in [0.1, 0.15) is 22.8 Å². The number of hydrogen-bond donors (Lipinski definition) is 1. The number of rotatable bonds is 6. The lowest BCUT2D eigenvalue weighted by Gasteiger charge is -2.08. The molecule has 0 fully saturated rings. The highest BCUT2D eigenvalue weighted by Gasteiger charge is 2.05. The first-order valence-electron chi connectivity index (χ1n) is 7.04. The molecule has 0 spiro atoms. The van der Waals surface area contributed by atoms with Crippen LogP contribution < -0.4 is 14.9 Å². The first-order valence-corrected chi connectivity index (χ1v) is 7.41. The number of carbonyl (C=O) groups excluding carboxylic acids is 1. The van der Waals surface area contributed by atoms with E-state index in [1.165, 1.54) is 6.21 Å². The number of carbonyl (C=O) groups is 1. The SMILES string of the molecule is CCOc1ccc(OC)cc1/C=N\NC(=O)c1ccc(Cl)cc1. The maximum Gasteiger partial charge on any atom is 0.271 e. The van der Waals surface area contributed by atoms with Crippen LogP contribution in [0.25, 0.3) is 0 Å². The van der Waals surface area contributed by atoms with E-state index >= 15 is 0 Å². The first-order chi connectivity index (χ1) is 11.1. The molecule has 0 bridgehead atoms. The topological polar surface area (TPSA) is 59.9 Å². The molecule has 0 heterocycles. The lowest BCUT2D eigenvalue weighted by atomic mass is 10.2. The molecule has 0 unspecified atom stereocenters. The fourth-order valence-corrected chi connectivity index (χ4v) is 1.99. The number of benzene rings is 2. The summed E-state index contributed by atoms with van der Waals surface area (Å²) in [6, 6.07) is 11.9. The number of hydrogen-bond acceptors (Lipinski definition) is 4. The molecule has 1 amide bonds. The summed E-state index contributed by atoms with van der Waals surface area (Å²) in [4.78, 5) is 12.0. The highest BCUT2D eigenvalue weighted by atomic mass is 35.5. The van der Waals surface area contributed by atoms with Crippen LogP contribution in [0, 0.1) is 0 Å². The van der Waals surface area contributed by atoms with Gasteiger partial charge in [-0.1, -0.05) is 11.6 Å². The molecule has 0 saturated carbocycles. The molecule has 0 atom stereocenters. The van der Waals surface area contributed by atoms with Crippen LogP contribution in [0.4, 0.5) is 0 Å². The molecule has 2 aromatic rings. The molecule has 23 heavy (non-hydrogen) atoms. The Morgan fingerprint density at radius 3 is 2.65 bits per heavy atom. The van der Waals surface area contributed by atoms with Gasteiger partial charge >= 0.3 is 0 Å². The van der Waals surface area contributed by atoms with Crippen molar-refractivity contribution < 1.29 is 14.3 Å². The predicted molar refractivity (Wildman–Crippen MR) is 90.7 cm³/mol. The number of nitrogens with zero attached hydrogens (tertiary/aromatic N) is 1. The summed E-state index contributed by atoms with van der Waals surface area (Å²) in [5.41, 5.74) is 3.65. The largest absolute Gasteiger partial charge is 0.497 e. The van der Waals surface area contributed by atoms with Crippen LogP contribution in [0.2, 0.25) is 5.02 Å². The van der Waals surface area contributed by atoms with Crippen molar-refractivity contribution in [2.75, 3.05) is 13.7 Å². The molecule has 6 heteroatoms. The van der Waals surface area contributed by atoms with Crippen molar-refractivity contribution in [1.29, 1.82) is 0 Å². The number of halogens is 1. The van der Waals surface area contributed by atoms with Gasteiger partial charge in [-0.15, -0.1) is 0 Å². The molecule has 0 aliphatic carbocycles. The summed E-state index contributed by atoms with van der Waals surface area (Å²) in [7, 11) is 1.58. The van der Waals surface area contributed by atoms with Crippen molar-refractivity contribution in [1.82, 2.24) is 5.43 Å². The molecule has 0 aromatic heterocycles. The molecular weight excluding hydrogens is 316 g/mol. The van der Waals surface area contributed by atoms with Crippen molar-refractivity contribution in [2.24, 2.45) is 5.10 Å². The van der Waals surface area contributed by atoms with E-state index in [1.807, 2.05) is 6.92 Å². The minimum atomic E-state index is -0.321. The third-order valence-corrected chi connectivity index (χ3v) is 3.24. The van der Waals surface area contributed by atoms with Crippen molar-refractivity contribution in [2.45, 2.75) is 6.92 Å². The molecule has 2 aromatic carbocycles. The second-order valence-electron chi connectivity index (χ2n) is 4.54. The highest BCUT2D eigenvalue weighted by molar-refractivity contribution is 6.30. The number of nitrogens with one attached hydrogen (secondary N) is 1. The summed E-state index contributed by atoms with van der Waals surface area (Å²) in [6.07, 6.45) is 1.52. The van der Waals surface area contributed by atoms with Crippen LogP contribution in [0.5, 0.6) is 11.5 Å². The molecule has 1 N–H and O–H groups in total. The normalized spacial score (nSPS) is 10.6. The third kappa shape index (κ3) is 4.72. The molecular formula is C17H17ClN2O3.